The van der Waals surface area contributed by atoms with Crippen LogP contribution >= 0.6 is 0 Å². The van der Waals surface area contributed by atoms with E-state index in [0.717, 1.165) is 5.56 Å². The summed E-state index contributed by atoms with van der Waals surface area (Å²) in [6, 6.07) is 13.3. The molecule has 0 saturated carbocycles. The summed E-state index contributed by atoms with van der Waals surface area (Å²) in [5, 5.41) is 5.39. The fraction of sp³-hybridized carbons (Fsp3) is 0.222. The van der Waals surface area contributed by atoms with Crippen molar-refractivity contribution in [2.45, 2.75) is 24.8 Å². The van der Waals surface area contributed by atoms with Crippen molar-refractivity contribution in [1.82, 2.24) is 5.32 Å². The van der Waals surface area contributed by atoms with Crippen LogP contribution in [0.5, 0.6) is 0 Å². The number of benzene rings is 2. The highest BCUT2D eigenvalue weighted by molar-refractivity contribution is 7.84. The predicted octanol–water partition coefficient (Wildman–Crippen LogP) is 2.49. The number of rotatable bonds is 5. The molecule has 0 heterocycles. The average molecular weight is 344 g/mol. The Labute approximate surface area is 143 Å². The molecule has 0 aliphatic heterocycles. The van der Waals surface area contributed by atoms with Crippen molar-refractivity contribution < 1.29 is 13.8 Å². The lowest BCUT2D eigenvalue weighted by atomic mass is 10.1. The number of carbonyl (C=O) groups is 2. The molecule has 0 bridgehead atoms. The van der Waals surface area contributed by atoms with Crippen molar-refractivity contribution in [3.8, 4) is 0 Å². The van der Waals surface area contributed by atoms with E-state index >= 15 is 0 Å². The SMILES string of the molecule is Cc1cccc(C(=O)N[C@H](C)C(=O)Nc2cccc([S@@](C)=O)c2)c1. The number of carbonyl (C=O) groups excluding carboxylic acids is 2. The lowest BCUT2D eigenvalue weighted by Crippen LogP contribution is -2.41. The first kappa shape index (κ1) is 17.9. The van der Waals surface area contributed by atoms with Crippen LogP contribution < -0.4 is 10.6 Å². The van der Waals surface area contributed by atoms with Crippen molar-refractivity contribution >= 4 is 28.3 Å². The maximum Gasteiger partial charge on any atom is 0.251 e. The molecule has 0 fully saturated rings. The van der Waals surface area contributed by atoms with E-state index in [2.05, 4.69) is 10.6 Å². The summed E-state index contributed by atoms with van der Waals surface area (Å²) >= 11 is 0. The van der Waals surface area contributed by atoms with E-state index in [9.17, 15) is 13.8 Å². The van der Waals surface area contributed by atoms with Gasteiger partial charge in [-0.15, -0.1) is 0 Å². The third-order valence-electron chi connectivity index (χ3n) is 3.45. The lowest BCUT2D eigenvalue weighted by molar-refractivity contribution is -0.117. The van der Waals surface area contributed by atoms with Gasteiger partial charge in [0.1, 0.15) is 6.04 Å². The summed E-state index contributed by atoms with van der Waals surface area (Å²) in [5.41, 5.74) is 2.03. The lowest BCUT2D eigenvalue weighted by Gasteiger charge is -2.14. The summed E-state index contributed by atoms with van der Waals surface area (Å²) in [5.74, 6) is -0.639. The molecule has 2 aromatic rings. The quantitative estimate of drug-likeness (QED) is 0.875. The smallest absolute Gasteiger partial charge is 0.251 e. The minimum atomic E-state index is -1.12. The molecule has 2 atom stereocenters. The zero-order valence-corrected chi connectivity index (χ0v) is 14.6. The first-order valence-corrected chi connectivity index (χ1v) is 9.04. The molecule has 0 radical (unpaired) electrons. The maximum atomic E-state index is 12.2. The Morgan fingerprint density at radius 2 is 1.79 bits per heavy atom. The van der Waals surface area contributed by atoms with Crippen molar-refractivity contribution in [3.63, 3.8) is 0 Å². The Balaban J connectivity index is 2.01. The molecule has 0 saturated heterocycles. The topological polar surface area (TPSA) is 75.3 Å². The van der Waals surface area contributed by atoms with E-state index in [-0.39, 0.29) is 11.8 Å². The van der Waals surface area contributed by atoms with Crippen LogP contribution in [0.25, 0.3) is 0 Å². The van der Waals surface area contributed by atoms with E-state index in [1.54, 1.807) is 55.6 Å². The first-order chi connectivity index (χ1) is 11.4. The van der Waals surface area contributed by atoms with Crippen LogP contribution in [0, 0.1) is 6.92 Å². The number of aryl methyl sites for hydroxylation is 1. The van der Waals surface area contributed by atoms with E-state index in [0.29, 0.717) is 16.1 Å². The van der Waals surface area contributed by atoms with Crippen molar-refractivity contribution in [2.24, 2.45) is 0 Å². The Morgan fingerprint density at radius 1 is 1.08 bits per heavy atom. The molecule has 2 rings (SSSR count). The molecule has 6 heteroatoms. The summed E-state index contributed by atoms with van der Waals surface area (Å²) in [4.78, 5) is 25.0. The second-order valence-electron chi connectivity index (χ2n) is 5.54. The summed E-state index contributed by atoms with van der Waals surface area (Å²) < 4.78 is 11.5. The Hall–Kier alpha value is -2.47. The van der Waals surface area contributed by atoms with E-state index in [4.69, 9.17) is 0 Å². The molecule has 2 aromatic carbocycles. The van der Waals surface area contributed by atoms with Gasteiger partial charge in [-0.3, -0.25) is 13.8 Å². The Kier molecular flexibility index (Phi) is 5.87. The second kappa shape index (κ2) is 7.88. The van der Waals surface area contributed by atoms with Gasteiger partial charge in [-0.2, -0.15) is 0 Å². The number of nitrogens with one attached hydrogen (secondary N) is 2. The Bertz CT molecular complexity index is 789. The third kappa shape index (κ3) is 4.76. The summed E-state index contributed by atoms with van der Waals surface area (Å²) in [7, 11) is -1.12. The zero-order valence-electron chi connectivity index (χ0n) is 13.8. The van der Waals surface area contributed by atoms with Crippen LogP contribution in [0.3, 0.4) is 0 Å². The third-order valence-corrected chi connectivity index (χ3v) is 4.37. The van der Waals surface area contributed by atoms with Crippen LogP contribution in [0.2, 0.25) is 0 Å². The fourth-order valence-corrected chi connectivity index (χ4v) is 2.70. The second-order valence-corrected chi connectivity index (χ2v) is 6.92. The first-order valence-electron chi connectivity index (χ1n) is 7.48. The van der Waals surface area contributed by atoms with Gasteiger partial charge in [-0.05, 0) is 44.2 Å². The highest BCUT2D eigenvalue weighted by Crippen LogP contribution is 2.13. The highest BCUT2D eigenvalue weighted by atomic mass is 32.2. The number of amides is 2. The van der Waals surface area contributed by atoms with Gasteiger partial charge in [0.25, 0.3) is 5.91 Å². The van der Waals surface area contributed by atoms with Gasteiger partial charge in [-0.25, -0.2) is 0 Å². The molecule has 0 aliphatic carbocycles. The predicted molar refractivity (Wildman–Crippen MR) is 95.5 cm³/mol. The van der Waals surface area contributed by atoms with Crippen molar-refractivity contribution in [1.29, 1.82) is 0 Å². The molecule has 5 nitrogen and oxygen atoms in total. The molecular weight excluding hydrogens is 324 g/mol. The normalized spacial score (nSPS) is 13.0. The van der Waals surface area contributed by atoms with Crippen LogP contribution in [0.1, 0.15) is 22.8 Å². The van der Waals surface area contributed by atoms with E-state index < -0.39 is 16.8 Å². The van der Waals surface area contributed by atoms with E-state index in [1.165, 1.54) is 0 Å². The maximum absolute atomic E-state index is 12.2. The van der Waals surface area contributed by atoms with Crippen molar-refractivity contribution in [2.75, 3.05) is 11.6 Å². The van der Waals surface area contributed by atoms with Gasteiger partial charge >= 0.3 is 0 Å². The Morgan fingerprint density at radius 3 is 2.46 bits per heavy atom. The molecular formula is C18H20N2O3S. The molecule has 0 unspecified atom stereocenters. The van der Waals surface area contributed by atoms with Crippen molar-refractivity contribution in [3.05, 3.63) is 59.7 Å². The van der Waals surface area contributed by atoms with Crippen LogP contribution in [-0.2, 0) is 15.6 Å². The van der Waals surface area contributed by atoms with Gasteiger partial charge in [0, 0.05) is 33.2 Å². The highest BCUT2D eigenvalue weighted by Gasteiger charge is 2.17. The van der Waals surface area contributed by atoms with Gasteiger partial charge in [0.05, 0.1) is 0 Å². The van der Waals surface area contributed by atoms with Gasteiger partial charge in [0.15, 0.2) is 0 Å². The number of hydrogen-bond acceptors (Lipinski definition) is 3. The molecule has 0 aliphatic rings. The number of hydrogen-bond donors (Lipinski definition) is 2. The molecule has 126 valence electrons. The van der Waals surface area contributed by atoms with Crippen LogP contribution in [0.15, 0.2) is 53.4 Å². The fourth-order valence-electron chi connectivity index (χ4n) is 2.13. The van der Waals surface area contributed by atoms with Gasteiger partial charge in [0.2, 0.25) is 5.91 Å². The average Bonchev–Trinajstić information content (AvgIpc) is 2.54. The minimum Gasteiger partial charge on any atom is -0.341 e. The number of anilines is 1. The molecule has 0 spiro atoms. The molecule has 24 heavy (non-hydrogen) atoms. The van der Waals surface area contributed by atoms with Gasteiger partial charge < -0.3 is 10.6 Å². The largest absolute Gasteiger partial charge is 0.341 e. The summed E-state index contributed by atoms with van der Waals surface area (Å²) in [6.07, 6.45) is 1.58. The minimum absolute atomic E-state index is 0.301. The van der Waals surface area contributed by atoms with E-state index in [1.807, 2.05) is 13.0 Å². The molecule has 0 aromatic heterocycles. The van der Waals surface area contributed by atoms with Crippen LogP contribution in [-0.4, -0.2) is 28.3 Å². The zero-order chi connectivity index (χ0) is 17.7. The monoisotopic (exact) mass is 344 g/mol. The van der Waals surface area contributed by atoms with Gasteiger partial charge in [-0.1, -0.05) is 23.8 Å². The molecule has 2 amide bonds. The molecule has 2 N–H and O–H groups in total. The standard InChI is InChI=1S/C18H20N2O3S/c1-12-6-4-7-14(10-12)18(22)19-13(2)17(21)20-15-8-5-9-16(11-15)24(3)23/h4-11,13H,1-3H3,(H,19,22)(H,20,21)/t13-,24-/m1/s1. The summed E-state index contributed by atoms with van der Waals surface area (Å²) in [6.45, 7) is 3.52. The van der Waals surface area contributed by atoms with Crippen LogP contribution in [0.4, 0.5) is 5.69 Å².